The third-order valence-corrected chi connectivity index (χ3v) is 1.89. The molecule has 0 aliphatic heterocycles. The van der Waals surface area contributed by atoms with Gasteiger partial charge in [0.25, 0.3) is 0 Å². The average Bonchev–Trinajstić information content (AvgIpc) is 2.40. The van der Waals surface area contributed by atoms with Gasteiger partial charge in [-0.3, -0.25) is 0 Å². The Morgan fingerprint density at radius 3 is 2.47 bits per heavy atom. The van der Waals surface area contributed by atoms with Gasteiger partial charge >= 0.3 is 0 Å². The zero-order valence-corrected chi connectivity index (χ0v) is 10.1. The molecule has 2 nitrogen and oxygen atoms in total. The van der Waals surface area contributed by atoms with Crippen LogP contribution in [0.25, 0.3) is 0 Å². The van der Waals surface area contributed by atoms with Crippen LogP contribution >= 0.6 is 0 Å². The fraction of sp³-hybridized carbons (Fsp3) is 0.133. The molecule has 2 heteroatoms. The number of rotatable bonds is 0. The number of hydrogen-bond acceptors (Lipinski definition) is 2. The van der Waals surface area contributed by atoms with E-state index in [0.29, 0.717) is 0 Å². The molecule has 86 valence electrons. The molecule has 0 radical (unpaired) electrons. The molecule has 1 heterocycles. The molecule has 0 fully saturated rings. The van der Waals surface area contributed by atoms with E-state index in [1.54, 1.807) is 6.20 Å². The minimum atomic E-state index is 0.725. The Labute approximate surface area is 103 Å². The molecule has 2 rings (SSSR count). The maximum Gasteiger partial charge on any atom is 0.113 e. The van der Waals surface area contributed by atoms with E-state index in [-0.39, 0.29) is 0 Å². The van der Waals surface area contributed by atoms with Gasteiger partial charge in [-0.2, -0.15) is 0 Å². The molecule has 0 unspecified atom stereocenters. The van der Waals surface area contributed by atoms with E-state index in [4.69, 9.17) is 5.73 Å². The first kappa shape index (κ1) is 12.8. The Kier molecular flexibility index (Phi) is 5.33. The van der Waals surface area contributed by atoms with Crippen LogP contribution in [0.1, 0.15) is 25.1 Å². The van der Waals surface area contributed by atoms with Gasteiger partial charge in [-0.25, -0.2) is 4.98 Å². The Hall–Kier alpha value is -2.27. The molecular weight excluding hydrogens is 208 g/mol. The molecule has 0 spiro atoms. The Morgan fingerprint density at radius 1 is 1.00 bits per heavy atom. The van der Waals surface area contributed by atoms with Gasteiger partial charge in [0.1, 0.15) is 5.69 Å². The standard InChI is InChI=1S/C13H10N2.C2H6/c14-12-5-3-4-11(10-12)7-8-13-6-1-2-9-15-13;1-2/h1-6,9-10H,14H2;1-2H3. The zero-order chi connectivity index (χ0) is 12.5. The summed E-state index contributed by atoms with van der Waals surface area (Å²) in [6.45, 7) is 4.00. The van der Waals surface area contributed by atoms with Crippen molar-refractivity contribution in [3.8, 4) is 11.8 Å². The van der Waals surface area contributed by atoms with Crippen LogP contribution in [0, 0.1) is 11.8 Å². The number of nitrogens with zero attached hydrogens (tertiary/aromatic N) is 1. The highest BCUT2D eigenvalue weighted by molar-refractivity contribution is 5.48. The third kappa shape index (κ3) is 4.40. The van der Waals surface area contributed by atoms with Crippen LogP contribution in [0.15, 0.2) is 48.7 Å². The minimum absolute atomic E-state index is 0.725. The minimum Gasteiger partial charge on any atom is -0.399 e. The Morgan fingerprint density at radius 2 is 1.82 bits per heavy atom. The van der Waals surface area contributed by atoms with Gasteiger partial charge in [0.15, 0.2) is 0 Å². The summed E-state index contributed by atoms with van der Waals surface area (Å²) in [6.07, 6.45) is 1.73. The molecule has 0 aliphatic rings. The van der Waals surface area contributed by atoms with Gasteiger partial charge in [0.05, 0.1) is 0 Å². The molecule has 0 bridgehead atoms. The van der Waals surface area contributed by atoms with Crippen LogP contribution in [0.2, 0.25) is 0 Å². The third-order valence-electron chi connectivity index (χ3n) is 1.89. The molecule has 2 N–H and O–H groups in total. The second-order valence-corrected chi connectivity index (χ2v) is 3.09. The second kappa shape index (κ2) is 7.08. The van der Waals surface area contributed by atoms with Crippen molar-refractivity contribution >= 4 is 5.69 Å². The fourth-order valence-electron chi connectivity index (χ4n) is 1.19. The highest BCUT2D eigenvalue weighted by atomic mass is 14.6. The summed E-state index contributed by atoms with van der Waals surface area (Å²) in [5.41, 5.74) is 8.04. The maximum atomic E-state index is 5.64. The Bertz CT molecular complexity index is 507. The molecule has 0 amide bonds. The molecule has 17 heavy (non-hydrogen) atoms. The summed E-state index contributed by atoms with van der Waals surface area (Å²) in [4.78, 5) is 4.11. The molecule has 0 aliphatic carbocycles. The molecule has 1 aromatic carbocycles. The number of aromatic nitrogens is 1. The normalized spacial score (nSPS) is 8.35. The highest BCUT2D eigenvalue weighted by Gasteiger charge is 1.88. The lowest BCUT2D eigenvalue weighted by atomic mass is 10.2. The zero-order valence-electron chi connectivity index (χ0n) is 10.1. The number of pyridine rings is 1. The molecule has 1 aromatic heterocycles. The van der Waals surface area contributed by atoms with Crippen LogP contribution in [0.3, 0.4) is 0 Å². The lowest BCUT2D eigenvalue weighted by molar-refractivity contribution is 1.29. The van der Waals surface area contributed by atoms with Gasteiger partial charge in [0.2, 0.25) is 0 Å². The van der Waals surface area contributed by atoms with Crippen LogP contribution in [-0.4, -0.2) is 4.98 Å². The first-order chi connectivity index (χ1) is 8.34. The first-order valence-electron chi connectivity index (χ1n) is 5.63. The van der Waals surface area contributed by atoms with E-state index in [0.717, 1.165) is 16.9 Å². The van der Waals surface area contributed by atoms with Gasteiger partial charge in [-0.15, -0.1) is 0 Å². The van der Waals surface area contributed by atoms with Gasteiger partial charge in [-0.1, -0.05) is 31.9 Å². The number of benzene rings is 1. The van der Waals surface area contributed by atoms with Gasteiger partial charge < -0.3 is 5.73 Å². The lowest BCUT2D eigenvalue weighted by Gasteiger charge is -1.92. The second-order valence-electron chi connectivity index (χ2n) is 3.09. The number of nitrogen functional groups attached to an aromatic ring is 1. The summed E-state index contributed by atoms with van der Waals surface area (Å²) in [6, 6.07) is 13.1. The quantitative estimate of drug-likeness (QED) is 0.551. The average molecular weight is 224 g/mol. The molecule has 2 aromatic rings. The summed E-state index contributed by atoms with van der Waals surface area (Å²) < 4.78 is 0. The summed E-state index contributed by atoms with van der Waals surface area (Å²) >= 11 is 0. The molecule has 0 atom stereocenters. The number of hydrogen-bond donors (Lipinski definition) is 1. The van der Waals surface area contributed by atoms with Crippen LogP contribution in [0.5, 0.6) is 0 Å². The highest BCUT2D eigenvalue weighted by Crippen LogP contribution is 2.04. The lowest BCUT2D eigenvalue weighted by Crippen LogP contribution is -1.84. The molecule has 0 saturated carbocycles. The largest absolute Gasteiger partial charge is 0.399 e. The van der Waals surface area contributed by atoms with E-state index in [9.17, 15) is 0 Å². The number of anilines is 1. The first-order valence-corrected chi connectivity index (χ1v) is 5.63. The molecular formula is C15H16N2. The van der Waals surface area contributed by atoms with Crippen molar-refractivity contribution in [3.63, 3.8) is 0 Å². The van der Waals surface area contributed by atoms with Crippen molar-refractivity contribution in [2.24, 2.45) is 0 Å². The molecule has 0 saturated heterocycles. The van der Waals surface area contributed by atoms with Gasteiger partial charge in [-0.05, 0) is 36.3 Å². The number of nitrogens with two attached hydrogens (primary N) is 1. The topological polar surface area (TPSA) is 38.9 Å². The van der Waals surface area contributed by atoms with Crippen LogP contribution in [-0.2, 0) is 0 Å². The summed E-state index contributed by atoms with van der Waals surface area (Å²) in [7, 11) is 0. The van der Waals surface area contributed by atoms with Gasteiger partial charge in [0, 0.05) is 17.4 Å². The van der Waals surface area contributed by atoms with E-state index in [1.165, 1.54) is 0 Å². The SMILES string of the molecule is CC.Nc1cccc(C#Cc2ccccn2)c1. The smallest absolute Gasteiger partial charge is 0.113 e. The predicted octanol–water partition coefficient (Wildman–Crippen LogP) is 3.09. The summed E-state index contributed by atoms with van der Waals surface area (Å²) in [5.74, 6) is 5.98. The van der Waals surface area contributed by atoms with Crippen molar-refractivity contribution in [3.05, 3.63) is 59.9 Å². The van der Waals surface area contributed by atoms with E-state index in [2.05, 4.69) is 16.8 Å². The predicted molar refractivity (Wildman–Crippen MR) is 72.4 cm³/mol. The van der Waals surface area contributed by atoms with E-state index in [1.807, 2.05) is 56.3 Å². The Balaban J connectivity index is 0.000000686. The van der Waals surface area contributed by atoms with Crippen molar-refractivity contribution in [1.82, 2.24) is 4.98 Å². The van der Waals surface area contributed by atoms with Crippen molar-refractivity contribution in [1.29, 1.82) is 0 Å². The maximum absolute atomic E-state index is 5.64. The van der Waals surface area contributed by atoms with Crippen LogP contribution < -0.4 is 5.73 Å². The van der Waals surface area contributed by atoms with Crippen molar-refractivity contribution in [2.45, 2.75) is 13.8 Å². The summed E-state index contributed by atoms with van der Waals surface area (Å²) in [5, 5.41) is 0. The van der Waals surface area contributed by atoms with E-state index >= 15 is 0 Å². The van der Waals surface area contributed by atoms with Crippen molar-refractivity contribution in [2.75, 3.05) is 5.73 Å². The van der Waals surface area contributed by atoms with Crippen molar-refractivity contribution < 1.29 is 0 Å². The van der Waals surface area contributed by atoms with E-state index < -0.39 is 0 Å². The monoisotopic (exact) mass is 224 g/mol. The van der Waals surface area contributed by atoms with Crippen LogP contribution in [0.4, 0.5) is 5.69 Å². The fourth-order valence-corrected chi connectivity index (χ4v) is 1.19.